The molecule has 1 N–H and O–H groups in total. The maximum atomic E-state index is 12.5. The number of carbonyl (C=O) groups is 1. The number of hydrogen-bond donors (Lipinski definition) is 1. The lowest BCUT2D eigenvalue weighted by molar-refractivity contribution is -0.385. The molecule has 4 fully saturated rings. The second kappa shape index (κ2) is 6.67. The molecule has 0 spiro atoms. The summed E-state index contributed by atoms with van der Waals surface area (Å²) in [6, 6.07) is 0.260. The third-order valence-corrected chi connectivity index (χ3v) is 6.97. The van der Waals surface area contributed by atoms with Crippen LogP contribution >= 0.6 is 0 Å². The van der Waals surface area contributed by atoms with Gasteiger partial charge in [-0.15, -0.1) is 0 Å². The molecule has 0 aliphatic heterocycles. The van der Waals surface area contributed by atoms with Crippen molar-refractivity contribution in [2.75, 3.05) is 0 Å². The predicted molar refractivity (Wildman–Crippen MR) is 96.3 cm³/mol. The largest absolute Gasteiger partial charge is 0.353 e. The van der Waals surface area contributed by atoms with Gasteiger partial charge in [0, 0.05) is 19.0 Å². The summed E-state index contributed by atoms with van der Waals surface area (Å²) in [4.78, 5) is 22.8. The third-order valence-electron chi connectivity index (χ3n) is 6.97. The van der Waals surface area contributed by atoms with Gasteiger partial charge in [-0.25, -0.2) is 0 Å². The van der Waals surface area contributed by atoms with Crippen molar-refractivity contribution in [3.63, 3.8) is 0 Å². The summed E-state index contributed by atoms with van der Waals surface area (Å²) < 4.78 is 1.48. The Labute approximate surface area is 153 Å². The van der Waals surface area contributed by atoms with Crippen molar-refractivity contribution in [3.8, 4) is 0 Å². The van der Waals surface area contributed by atoms with Gasteiger partial charge in [0.25, 0.3) is 0 Å². The van der Waals surface area contributed by atoms with E-state index in [9.17, 15) is 14.9 Å². The molecule has 1 amide bonds. The lowest BCUT2D eigenvalue weighted by Gasteiger charge is -2.59. The minimum absolute atomic E-state index is 0.0331. The maximum absolute atomic E-state index is 12.5. The Hall–Kier alpha value is -1.92. The Kier molecular flexibility index (Phi) is 4.49. The molecule has 7 heteroatoms. The number of nitrogens with one attached hydrogen (secondary N) is 1. The zero-order valence-electron chi connectivity index (χ0n) is 15.4. The Balaban J connectivity index is 1.36. The van der Waals surface area contributed by atoms with Crippen LogP contribution in [0.1, 0.15) is 58.3 Å². The van der Waals surface area contributed by atoms with Crippen molar-refractivity contribution < 1.29 is 9.72 Å². The molecule has 142 valence electrons. The molecule has 1 aromatic rings. The van der Waals surface area contributed by atoms with Crippen molar-refractivity contribution in [2.24, 2.45) is 23.2 Å². The molecule has 1 heterocycles. The minimum atomic E-state index is -0.469. The molecule has 7 nitrogen and oxygen atoms in total. The summed E-state index contributed by atoms with van der Waals surface area (Å²) in [6.07, 6.45) is 11.9. The van der Waals surface area contributed by atoms with Gasteiger partial charge in [0.2, 0.25) is 5.91 Å². The van der Waals surface area contributed by atoms with E-state index in [4.69, 9.17) is 0 Å². The zero-order valence-corrected chi connectivity index (χ0v) is 15.4. The van der Waals surface area contributed by atoms with E-state index < -0.39 is 4.92 Å². The Morgan fingerprint density at radius 2 is 1.96 bits per heavy atom. The van der Waals surface area contributed by atoms with E-state index in [0.29, 0.717) is 18.4 Å². The van der Waals surface area contributed by atoms with Gasteiger partial charge in [-0.05, 0) is 68.1 Å². The van der Waals surface area contributed by atoms with E-state index in [1.165, 1.54) is 55.6 Å². The van der Waals surface area contributed by atoms with Crippen molar-refractivity contribution in [1.82, 2.24) is 15.1 Å². The fourth-order valence-corrected chi connectivity index (χ4v) is 6.34. The van der Waals surface area contributed by atoms with E-state index >= 15 is 0 Å². The summed E-state index contributed by atoms with van der Waals surface area (Å²) in [7, 11) is 0. The lowest BCUT2D eigenvalue weighted by atomic mass is 9.47. The Bertz CT molecular complexity index is 663. The van der Waals surface area contributed by atoms with Crippen molar-refractivity contribution in [2.45, 2.75) is 70.9 Å². The van der Waals surface area contributed by atoms with Gasteiger partial charge < -0.3 is 5.32 Å². The van der Waals surface area contributed by atoms with E-state index in [1.807, 2.05) is 0 Å². The Morgan fingerprint density at radius 3 is 2.46 bits per heavy atom. The van der Waals surface area contributed by atoms with Crippen LogP contribution in [0.25, 0.3) is 0 Å². The maximum Gasteiger partial charge on any atom is 0.306 e. The molecule has 1 atom stereocenters. The Morgan fingerprint density at radius 1 is 1.35 bits per heavy atom. The van der Waals surface area contributed by atoms with Gasteiger partial charge in [0.1, 0.15) is 12.4 Å². The third kappa shape index (κ3) is 3.23. The topological polar surface area (TPSA) is 90.1 Å². The van der Waals surface area contributed by atoms with Gasteiger partial charge in [0.05, 0.1) is 4.92 Å². The van der Waals surface area contributed by atoms with Crippen LogP contribution in [0.3, 0.4) is 0 Å². The molecule has 4 bridgehead atoms. The molecule has 26 heavy (non-hydrogen) atoms. The highest BCUT2D eigenvalue weighted by Crippen LogP contribution is 2.61. The molecule has 1 aromatic heterocycles. The van der Waals surface area contributed by atoms with Crippen molar-refractivity contribution in [1.29, 1.82) is 0 Å². The summed E-state index contributed by atoms with van der Waals surface area (Å²) in [5.74, 6) is 2.65. The van der Waals surface area contributed by atoms with E-state index in [1.54, 1.807) is 0 Å². The lowest BCUT2D eigenvalue weighted by Crippen LogP contribution is -2.56. The first-order chi connectivity index (χ1) is 12.5. The van der Waals surface area contributed by atoms with Crippen LogP contribution < -0.4 is 5.32 Å². The molecular formula is C19H28N4O3. The fourth-order valence-electron chi connectivity index (χ4n) is 6.34. The van der Waals surface area contributed by atoms with Gasteiger partial charge >= 0.3 is 5.69 Å². The minimum Gasteiger partial charge on any atom is -0.353 e. The van der Waals surface area contributed by atoms with Crippen LogP contribution in [0.4, 0.5) is 5.69 Å². The summed E-state index contributed by atoms with van der Waals surface area (Å²) >= 11 is 0. The average Bonchev–Trinajstić information content (AvgIpc) is 3.06. The van der Waals surface area contributed by atoms with Crippen LogP contribution in [0.5, 0.6) is 0 Å². The fraction of sp³-hybridized carbons (Fsp3) is 0.789. The van der Waals surface area contributed by atoms with Crippen molar-refractivity contribution in [3.05, 3.63) is 22.5 Å². The molecule has 0 unspecified atom stereocenters. The van der Waals surface area contributed by atoms with Gasteiger partial charge in [-0.2, -0.15) is 5.10 Å². The van der Waals surface area contributed by atoms with Crippen LogP contribution in [0.15, 0.2) is 12.4 Å². The molecule has 4 aliphatic rings. The molecule has 5 rings (SSSR count). The van der Waals surface area contributed by atoms with Gasteiger partial charge in [0.15, 0.2) is 0 Å². The zero-order chi connectivity index (χ0) is 18.3. The molecule has 0 saturated heterocycles. The molecule has 0 aromatic carbocycles. The molecular weight excluding hydrogens is 332 g/mol. The first kappa shape index (κ1) is 17.5. The summed E-state index contributed by atoms with van der Waals surface area (Å²) in [5, 5.41) is 18.0. The van der Waals surface area contributed by atoms with E-state index in [2.05, 4.69) is 17.3 Å². The van der Waals surface area contributed by atoms with Crippen LogP contribution in [-0.4, -0.2) is 26.7 Å². The number of aromatic nitrogens is 2. The second-order valence-electron chi connectivity index (χ2n) is 8.78. The summed E-state index contributed by atoms with van der Waals surface area (Å²) in [5.41, 5.74) is 0.273. The summed E-state index contributed by atoms with van der Waals surface area (Å²) in [6.45, 7) is 2.55. The number of hydrogen-bond acceptors (Lipinski definition) is 4. The van der Waals surface area contributed by atoms with Crippen LogP contribution in [0, 0.1) is 33.3 Å². The SMILES string of the molecule is CC[C@@H](NC(=O)CCn1cc([N+](=O)[O-])cn1)C12CC3CC(CC(C3)C1)C2. The molecule has 4 aliphatic carbocycles. The van der Waals surface area contributed by atoms with E-state index in [0.717, 1.165) is 24.2 Å². The number of aryl methyl sites for hydroxylation is 1. The van der Waals surface area contributed by atoms with Crippen LogP contribution in [0.2, 0.25) is 0 Å². The smallest absolute Gasteiger partial charge is 0.306 e. The normalized spacial score (nSPS) is 33.2. The predicted octanol–water partition coefficient (Wildman–Crippen LogP) is 3.29. The standard InChI is InChI=1S/C19H28N4O3/c1-2-17(19-8-13-5-14(9-19)7-15(6-13)10-19)21-18(24)3-4-22-12-16(11-20-22)23(25)26/h11-15,17H,2-10H2,1H3,(H,21,24)/t13?,14?,15?,17-,19?/m1/s1. The number of nitro groups is 1. The van der Waals surface area contributed by atoms with E-state index in [-0.39, 0.29) is 17.6 Å². The number of rotatable bonds is 7. The monoisotopic (exact) mass is 360 g/mol. The molecule has 0 radical (unpaired) electrons. The van der Waals surface area contributed by atoms with Crippen LogP contribution in [-0.2, 0) is 11.3 Å². The highest BCUT2D eigenvalue weighted by Gasteiger charge is 2.53. The number of amides is 1. The van der Waals surface area contributed by atoms with Crippen molar-refractivity contribution >= 4 is 11.6 Å². The average molecular weight is 360 g/mol. The number of nitrogens with zero attached hydrogens (tertiary/aromatic N) is 3. The highest BCUT2D eigenvalue weighted by atomic mass is 16.6. The highest BCUT2D eigenvalue weighted by molar-refractivity contribution is 5.76. The first-order valence-corrected chi connectivity index (χ1v) is 9.93. The van der Waals surface area contributed by atoms with Gasteiger partial charge in [-0.1, -0.05) is 6.92 Å². The molecule has 4 saturated carbocycles. The van der Waals surface area contributed by atoms with Gasteiger partial charge in [-0.3, -0.25) is 19.6 Å². The second-order valence-corrected chi connectivity index (χ2v) is 8.78. The first-order valence-electron chi connectivity index (χ1n) is 9.93. The number of carbonyl (C=O) groups excluding carboxylic acids is 1. The quantitative estimate of drug-likeness (QED) is 0.597.